The van der Waals surface area contributed by atoms with Gasteiger partial charge in [-0.05, 0) is 221 Å². The van der Waals surface area contributed by atoms with Crippen LogP contribution in [0.5, 0.6) is 0 Å². The van der Waals surface area contributed by atoms with Crippen molar-refractivity contribution in [3.05, 3.63) is 0 Å². The highest BCUT2D eigenvalue weighted by atomic mass is 16.6. The zero-order valence-corrected chi connectivity index (χ0v) is 41.9. The number of hydrogen-bond acceptors (Lipinski definition) is 6. The number of ether oxygens (including phenoxy) is 2. The molecule has 0 spiro atoms. The smallest absolute Gasteiger partial charge is 0.305 e. The molecule has 0 aromatic heterocycles. The third kappa shape index (κ3) is 13.8. The lowest BCUT2D eigenvalue weighted by atomic mass is 9.69. The van der Waals surface area contributed by atoms with Gasteiger partial charge in [0.15, 0.2) is 0 Å². The van der Waals surface area contributed by atoms with Crippen LogP contribution >= 0.6 is 0 Å². The van der Waals surface area contributed by atoms with Crippen LogP contribution in [0, 0.1) is 47.3 Å². The summed E-state index contributed by atoms with van der Waals surface area (Å²) in [7, 11) is 1.66. The molecule has 8 aliphatic carbocycles. The molecule has 8 saturated carbocycles. The average molecular weight is 889 g/mol. The predicted octanol–water partition coefficient (Wildman–Crippen LogP) is 14.4. The van der Waals surface area contributed by atoms with Crippen LogP contribution in [0.4, 0.5) is 0 Å². The molecule has 0 unspecified atom stereocenters. The first-order chi connectivity index (χ1) is 31.4. The molecule has 0 bridgehead atoms. The lowest BCUT2D eigenvalue weighted by Crippen LogP contribution is -2.54. The number of nitrogens with zero attached hydrogens (tertiary/aromatic N) is 2. The van der Waals surface area contributed by atoms with Gasteiger partial charge in [-0.1, -0.05) is 64.2 Å². The molecule has 0 saturated heterocycles. The molecule has 8 rings (SSSR count). The maximum absolute atomic E-state index is 12.4. The summed E-state index contributed by atoms with van der Waals surface area (Å²) in [4.78, 5) is 30.7. The molecule has 6 heteroatoms. The lowest BCUT2D eigenvalue weighted by molar-refractivity contribution is -0.145. The van der Waals surface area contributed by atoms with E-state index in [0.29, 0.717) is 31.3 Å². The van der Waals surface area contributed by atoms with Crippen LogP contribution in [-0.4, -0.2) is 78.1 Å². The second kappa shape index (κ2) is 25.6. The average Bonchev–Trinajstić information content (AvgIpc) is 3.35. The quantitative estimate of drug-likeness (QED) is 0.101. The van der Waals surface area contributed by atoms with Crippen LogP contribution < -0.4 is 0 Å². The first-order valence-corrected chi connectivity index (χ1v) is 29.1. The zero-order chi connectivity index (χ0) is 44.1. The Balaban J connectivity index is 0.845. The number of carbonyl (C=O) groups excluding carboxylic acids is 2. The fraction of sp³-hybridized carbons (Fsp3) is 0.966. The summed E-state index contributed by atoms with van der Waals surface area (Å²) >= 11 is 0. The van der Waals surface area contributed by atoms with Crippen molar-refractivity contribution in [3.8, 4) is 0 Å². The Labute approximate surface area is 394 Å². The first-order valence-electron chi connectivity index (χ1n) is 29.1. The molecule has 0 amide bonds. The van der Waals surface area contributed by atoms with Gasteiger partial charge in [0.05, 0.1) is 6.61 Å². The number of carbonyl (C=O) groups is 2. The Bertz CT molecular complexity index is 1330. The summed E-state index contributed by atoms with van der Waals surface area (Å²) in [5.74, 6) is 7.81. The van der Waals surface area contributed by atoms with Gasteiger partial charge >= 0.3 is 5.97 Å². The number of methoxy groups -OCH3 is 1. The summed E-state index contributed by atoms with van der Waals surface area (Å²) < 4.78 is 10.5. The molecule has 0 atom stereocenters. The van der Waals surface area contributed by atoms with E-state index in [1.54, 1.807) is 14.0 Å². The second-order valence-electron chi connectivity index (χ2n) is 24.3. The summed E-state index contributed by atoms with van der Waals surface area (Å²) in [6.07, 6.45) is 52.9. The fourth-order valence-electron chi connectivity index (χ4n) is 17.0. The molecule has 6 nitrogen and oxygen atoms in total. The van der Waals surface area contributed by atoms with E-state index < -0.39 is 0 Å². The van der Waals surface area contributed by atoms with Gasteiger partial charge in [0.25, 0.3) is 0 Å². The minimum atomic E-state index is -0.0365. The van der Waals surface area contributed by atoms with Crippen molar-refractivity contribution in [2.45, 2.75) is 287 Å². The Morgan fingerprint density at radius 3 is 0.984 bits per heavy atom. The summed E-state index contributed by atoms with van der Waals surface area (Å²) in [5.41, 5.74) is 0. The number of ketones is 1. The van der Waals surface area contributed by atoms with Crippen molar-refractivity contribution in [2.24, 2.45) is 47.3 Å². The number of hydrogen-bond donors (Lipinski definition) is 0. The van der Waals surface area contributed by atoms with Crippen molar-refractivity contribution in [1.29, 1.82) is 0 Å². The monoisotopic (exact) mass is 889 g/mol. The van der Waals surface area contributed by atoms with E-state index in [4.69, 9.17) is 9.47 Å². The van der Waals surface area contributed by atoms with Gasteiger partial charge in [0, 0.05) is 56.2 Å². The summed E-state index contributed by atoms with van der Waals surface area (Å²) in [6.45, 7) is 2.67. The van der Waals surface area contributed by atoms with Crippen molar-refractivity contribution >= 4 is 11.8 Å². The van der Waals surface area contributed by atoms with Gasteiger partial charge in [0.2, 0.25) is 0 Å². The molecule has 0 aromatic rings. The highest BCUT2D eigenvalue weighted by Crippen LogP contribution is 2.48. The van der Waals surface area contributed by atoms with E-state index >= 15 is 0 Å². The molecule has 64 heavy (non-hydrogen) atoms. The van der Waals surface area contributed by atoms with E-state index in [1.807, 2.05) is 0 Å². The maximum Gasteiger partial charge on any atom is 0.305 e. The van der Waals surface area contributed by atoms with E-state index in [0.717, 1.165) is 96.9 Å². The third-order valence-electron chi connectivity index (χ3n) is 20.6. The van der Waals surface area contributed by atoms with Crippen molar-refractivity contribution in [3.63, 3.8) is 0 Å². The number of rotatable bonds is 18. The van der Waals surface area contributed by atoms with E-state index in [1.165, 1.54) is 218 Å². The van der Waals surface area contributed by atoms with Gasteiger partial charge in [-0.2, -0.15) is 0 Å². The predicted molar refractivity (Wildman–Crippen MR) is 263 cm³/mol. The Morgan fingerprint density at radius 2 is 0.672 bits per heavy atom. The van der Waals surface area contributed by atoms with Crippen LogP contribution in [0.25, 0.3) is 0 Å². The Kier molecular flexibility index (Phi) is 19.8. The van der Waals surface area contributed by atoms with Gasteiger partial charge < -0.3 is 14.3 Å². The van der Waals surface area contributed by atoms with Gasteiger partial charge in [-0.25, -0.2) is 0 Å². The highest BCUT2D eigenvalue weighted by Gasteiger charge is 2.43. The molecule has 0 aliphatic heterocycles. The molecular weight excluding hydrogens is 789 g/mol. The van der Waals surface area contributed by atoms with Gasteiger partial charge in [-0.15, -0.1) is 0 Å². The van der Waals surface area contributed by atoms with Gasteiger partial charge in [-0.3, -0.25) is 14.6 Å². The molecule has 8 fully saturated rings. The summed E-state index contributed by atoms with van der Waals surface area (Å²) in [5, 5.41) is 0. The molecule has 366 valence electrons. The minimum absolute atomic E-state index is 0.0365. The maximum atomic E-state index is 12.4. The van der Waals surface area contributed by atoms with E-state index in [9.17, 15) is 9.59 Å². The number of Topliss-reactive ketones (excluding diaryl/α,β-unsaturated/α-hetero) is 1. The lowest BCUT2D eigenvalue weighted by Gasteiger charge is -2.52. The molecule has 8 aliphatic rings. The fourth-order valence-corrected chi connectivity index (χ4v) is 17.0. The Morgan fingerprint density at radius 1 is 0.375 bits per heavy atom. The zero-order valence-electron chi connectivity index (χ0n) is 41.9. The molecule has 0 aromatic carbocycles. The highest BCUT2D eigenvalue weighted by molar-refractivity contribution is 5.75. The standard InChI is InChI=1S/C58H100N2O4/c1-43(61)13-14-44-15-28-52(29-16-44)59(54-32-20-48(21-33-54)46-9-5-3-6-10-46)56-36-24-50(25-37-56)51-26-38-57(39-27-51)60(55-34-22-49(23-35-55)47-11-7-4-8-12-47)53-30-17-45(18-31-53)19-40-58(62)64-42-41-63-2/h44-57H,3-42H2,1-2H3. The third-order valence-corrected chi connectivity index (χ3v) is 20.6. The van der Waals surface area contributed by atoms with Crippen molar-refractivity contribution < 1.29 is 19.1 Å². The van der Waals surface area contributed by atoms with Crippen LogP contribution in [-0.2, 0) is 19.1 Å². The van der Waals surface area contributed by atoms with Crippen LogP contribution in [0.1, 0.15) is 251 Å². The van der Waals surface area contributed by atoms with Crippen molar-refractivity contribution in [1.82, 2.24) is 9.80 Å². The normalized spacial score (nSPS) is 37.7. The van der Waals surface area contributed by atoms with Crippen molar-refractivity contribution in [2.75, 3.05) is 20.3 Å². The van der Waals surface area contributed by atoms with Crippen LogP contribution in [0.15, 0.2) is 0 Å². The molecule has 0 heterocycles. The SMILES string of the molecule is COCCOC(=O)CCC1CCC(N(C2CCC(C3CCCCC3)CC2)C2CCC(C3CCC(N(C4CCC(CCC(C)=O)CC4)C4CCC(C5CCCCC5)CC4)CC3)CC2)CC1. The Hall–Kier alpha value is -0.980. The number of esters is 1. The first kappa shape index (κ1) is 49.4. The van der Waals surface area contributed by atoms with Gasteiger partial charge in [0.1, 0.15) is 12.4 Å². The van der Waals surface area contributed by atoms with E-state index in [-0.39, 0.29) is 5.97 Å². The van der Waals surface area contributed by atoms with Crippen LogP contribution in [0.3, 0.4) is 0 Å². The molecule has 0 radical (unpaired) electrons. The largest absolute Gasteiger partial charge is 0.463 e. The summed E-state index contributed by atoms with van der Waals surface area (Å²) in [6, 6.07) is 4.80. The van der Waals surface area contributed by atoms with Crippen LogP contribution in [0.2, 0.25) is 0 Å². The topological polar surface area (TPSA) is 59.1 Å². The second-order valence-corrected chi connectivity index (χ2v) is 24.3. The minimum Gasteiger partial charge on any atom is -0.463 e. The molecule has 0 N–H and O–H groups in total. The van der Waals surface area contributed by atoms with E-state index in [2.05, 4.69) is 9.80 Å². The molecular formula is C58H100N2O4.